The van der Waals surface area contributed by atoms with Gasteiger partial charge in [-0.1, -0.05) is 32.9 Å². The molecule has 0 aliphatic heterocycles. The van der Waals surface area contributed by atoms with Crippen molar-refractivity contribution in [3.05, 3.63) is 35.6 Å². The van der Waals surface area contributed by atoms with Crippen molar-refractivity contribution >= 4 is 0 Å². The molecule has 100 valence electrons. The molecular formula is C16H24FN. The van der Waals surface area contributed by atoms with Crippen molar-refractivity contribution in [1.82, 2.24) is 5.32 Å². The van der Waals surface area contributed by atoms with E-state index in [0.717, 1.165) is 18.9 Å². The van der Waals surface area contributed by atoms with E-state index in [9.17, 15) is 4.39 Å². The lowest BCUT2D eigenvalue weighted by Crippen LogP contribution is -2.38. The summed E-state index contributed by atoms with van der Waals surface area (Å²) in [5, 5.41) is 3.56. The molecule has 0 saturated heterocycles. The Labute approximate surface area is 110 Å². The Hall–Kier alpha value is -0.890. The molecule has 1 saturated carbocycles. The van der Waals surface area contributed by atoms with Crippen LogP contribution in [-0.4, -0.2) is 12.6 Å². The largest absolute Gasteiger partial charge is 0.314 e. The Morgan fingerprint density at radius 1 is 1.28 bits per heavy atom. The van der Waals surface area contributed by atoms with Crippen LogP contribution < -0.4 is 5.32 Å². The Balaban J connectivity index is 2.03. The van der Waals surface area contributed by atoms with Gasteiger partial charge < -0.3 is 5.32 Å². The first-order valence-corrected chi connectivity index (χ1v) is 6.97. The van der Waals surface area contributed by atoms with Crippen LogP contribution in [0.1, 0.15) is 39.2 Å². The van der Waals surface area contributed by atoms with Gasteiger partial charge in [-0.3, -0.25) is 0 Å². The Bertz CT molecular complexity index is 381. The maximum atomic E-state index is 12.9. The molecule has 2 heteroatoms. The van der Waals surface area contributed by atoms with Crippen LogP contribution >= 0.6 is 0 Å². The highest BCUT2D eigenvalue weighted by atomic mass is 19.1. The van der Waals surface area contributed by atoms with E-state index in [1.165, 1.54) is 18.4 Å². The van der Waals surface area contributed by atoms with Gasteiger partial charge in [-0.05, 0) is 48.3 Å². The van der Waals surface area contributed by atoms with Gasteiger partial charge in [0.15, 0.2) is 0 Å². The predicted octanol–water partition coefficient (Wildman–Crippen LogP) is 3.78. The van der Waals surface area contributed by atoms with Crippen LogP contribution in [-0.2, 0) is 6.42 Å². The highest BCUT2D eigenvalue weighted by Gasteiger charge is 2.41. The highest BCUT2D eigenvalue weighted by Crippen LogP contribution is 2.47. The molecule has 1 aliphatic rings. The average Bonchev–Trinajstić information content (AvgIpc) is 3.14. The van der Waals surface area contributed by atoms with Crippen LogP contribution in [0.4, 0.5) is 4.39 Å². The molecule has 1 N–H and O–H groups in total. The summed E-state index contributed by atoms with van der Waals surface area (Å²) in [6.07, 6.45) is 3.73. The van der Waals surface area contributed by atoms with E-state index in [4.69, 9.17) is 0 Å². The summed E-state index contributed by atoms with van der Waals surface area (Å²) >= 11 is 0. The fourth-order valence-corrected chi connectivity index (χ4v) is 2.64. The minimum absolute atomic E-state index is 0.146. The molecule has 1 fully saturated rings. The number of nitrogens with one attached hydrogen (secondary N) is 1. The minimum Gasteiger partial charge on any atom is -0.314 e. The fourth-order valence-electron chi connectivity index (χ4n) is 2.64. The van der Waals surface area contributed by atoms with Crippen molar-refractivity contribution in [2.75, 3.05) is 6.54 Å². The first-order chi connectivity index (χ1) is 8.49. The smallest absolute Gasteiger partial charge is 0.123 e. The second-order valence-electron chi connectivity index (χ2n) is 6.27. The number of benzene rings is 1. The second kappa shape index (κ2) is 5.40. The molecule has 1 aliphatic carbocycles. The molecule has 1 aromatic rings. The quantitative estimate of drug-likeness (QED) is 0.809. The van der Waals surface area contributed by atoms with Crippen LogP contribution in [0.15, 0.2) is 24.3 Å². The number of hydrogen-bond donors (Lipinski definition) is 1. The molecule has 0 aromatic heterocycles. The summed E-state index contributed by atoms with van der Waals surface area (Å²) in [5.41, 5.74) is 1.55. The van der Waals surface area contributed by atoms with Crippen LogP contribution in [0, 0.1) is 17.2 Å². The molecule has 0 spiro atoms. The predicted molar refractivity (Wildman–Crippen MR) is 74.1 cm³/mol. The van der Waals surface area contributed by atoms with Crippen LogP contribution in [0.2, 0.25) is 0 Å². The van der Waals surface area contributed by atoms with E-state index in [1.807, 2.05) is 12.1 Å². The molecule has 18 heavy (non-hydrogen) atoms. The van der Waals surface area contributed by atoms with E-state index in [0.29, 0.717) is 11.5 Å². The normalized spacial score (nSPS) is 18.9. The van der Waals surface area contributed by atoms with Gasteiger partial charge in [0.25, 0.3) is 0 Å². The van der Waals surface area contributed by atoms with E-state index in [-0.39, 0.29) is 5.82 Å². The lowest BCUT2D eigenvalue weighted by molar-refractivity contribution is 0.248. The molecule has 2 rings (SSSR count). The molecule has 0 radical (unpaired) electrons. The standard InChI is InChI=1S/C16H24FN/c1-12(2)18-11-16(3,14-6-7-14)10-13-4-8-15(17)9-5-13/h4-5,8-9,12,14,18H,6-7,10-11H2,1-3H3. The highest BCUT2D eigenvalue weighted by molar-refractivity contribution is 5.18. The Morgan fingerprint density at radius 3 is 2.39 bits per heavy atom. The maximum Gasteiger partial charge on any atom is 0.123 e. The van der Waals surface area contributed by atoms with Crippen LogP contribution in [0.3, 0.4) is 0 Å². The molecular weight excluding hydrogens is 225 g/mol. The van der Waals surface area contributed by atoms with Gasteiger partial charge >= 0.3 is 0 Å². The van der Waals surface area contributed by atoms with Gasteiger partial charge in [-0.25, -0.2) is 4.39 Å². The lowest BCUT2D eigenvalue weighted by Gasteiger charge is -2.31. The zero-order valence-electron chi connectivity index (χ0n) is 11.7. The number of rotatable bonds is 6. The first-order valence-electron chi connectivity index (χ1n) is 6.97. The summed E-state index contributed by atoms with van der Waals surface area (Å²) < 4.78 is 12.9. The second-order valence-corrected chi connectivity index (χ2v) is 6.27. The molecule has 1 nitrogen and oxygen atoms in total. The first kappa shape index (κ1) is 13.5. The lowest BCUT2D eigenvalue weighted by atomic mass is 9.78. The van der Waals surface area contributed by atoms with Crippen molar-refractivity contribution < 1.29 is 4.39 Å². The van der Waals surface area contributed by atoms with Gasteiger partial charge in [0.2, 0.25) is 0 Å². The number of halogens is 1. The van der Waals surface area contributed by atoms with Gasteiger partial charge in [-0.15, -0.1) is 0 Å². The van der Waals surface area contributed by atoms with Crippen molar-refractivity contribution in [2.24, 2.45) is 11.3 Å². The molecule has 0 bridgehead atoms. The molecule has 0 heterocycles. The summed E-state index contributed by atoms with van der Waals surface area (Å²) in [4.78, 5) is 0. The SMILES string of the molecule is CC(C)NCC(C)(Cc1ccc(F)cc1)C1CC1. The fraction of sp³-hybridized carbons (Fsp3) is 0.625. The molecule has 0 amide bonds. The van der Waals surface area contributed by atoms with Crippen molar-refractivity contribution in [3.8, 4) is 0 Å². The molecule has 1 unspecified atom stereocenters. The third-order valence-corrected chi connectivity index (χ3v) is 4.00. The van der Waals surface area contributed by atoms with Crippen LogP contribution in [0.25, 0.3) is 0 Å². The topological polar surface area (TPSA) is 12.0 Å². The minimum atomic E-state index is -0.146. The van der Waals surface area contributed by atoms with Gasteiger partial charge in [0.1, 0.15) is 5.82 Å². The van der Waals surface area contributed by atoms with Crippen LogP contribution in [0.5, 0.6) is 0 Å². The van der Waals surface area contributed by atoms with E-state index >= 15 is 0 Å². The third kappa shape index (κ3) is 3.55. The van der Waals surface area contributed by atoms with E-state index < -0.39 is 0 Å². The molecule has 1 aromatic carbocycles. The van der Waals surface area contributed by atoms with Crippen molar-refractivity contribution in [2.45, 2.75) is 46.1 Å². The van der Waals surface area contributed by atoms with Crippen molar-refractivity contribution in [3.63, 3.8) is 0 Å². The third-order valence-electron chi connectivity index (χ3n) is 4.00. The Kier molecular flexibility index (Phi) is 4.06. The Morgan fingerprint density at radius 2 is 1.89 bits per heavy atom. The van der Waals surface area contributed by atoms with E-state index in [1.54, 1.807) is 12.1 Å². The average molecular weight is 249 g/mol. The summed E-state index contributed by atoms with van der Waals surface area (Å²) in [5.74, 6) is 0.681. The monoisotopic (exact) mass is 249 g/mol. The van der Waals surface area contributed by atoms with E-state index in [2.05, 4.69) is 26.1 Å². The van der Waals surface area contributed by atoms with Crippen molar-refractivity contribution in [1.29, 1.82) is 0 Å². The number of hydrogen-bond acceptors (Lipinski definition) is 1. The summed E-state index contributed by atoms with van der Waals surface area (Å²) in [7, 11) is 0. The summed E-state index contributed by atoms with van der Waals surface area (Å²) in [6, 6.07) is 7.50. The van der Waals surface area contributed by atoms with Gasteiger partial charge in [0.05, 0.1) is 0 Å². The van der Waals surface area contributed by atoms with Gasteiger partial charge in [-0.2, -0.15) is 0 Å². The zero-order valence-corrected chi connectivity index (χ0v) is 11.7. The summed E-state index contributed by atoms with van der Waals surface area (Å²) in [6.45, 7) is 7.78. The van der Waals surface area contributed by atoms with Gasteiger partial charge in [0, 0.05) is 12.6 Å². The maximum absolute atomic E-state index is 12.9. The zero-order chi connectivity index (χ0) is 13.2. The molecule has 1 atom stereocenters.